The second-order valence-electron chi connectivity index (χ2n) is 8.92. The molecule has 0 spiro atoms. The summed E-state index contributed by atoms with van der Waals surface area (Å²) in [5.74, 6) is -0.685. The predicted molar refractivity (Wildman–Crippen MR) is 128 cm³/mol. The first-order valence-electron chi connectivity index (χ1n) is 11.0. The van der Waals surface area contributed by atoms with E-state index in [0.717, 1.165) is 22.9 Å². The van der Waals surface area contributed by atoms with Crippen molar-refractivity contribution in [3.8, 4) is 11.1 Å². The predicted octanol–water partition coefficient (Wildman–Crippen LogP) is 3.63. The summed E-state index contributed by atoms with van der Waals surface area (Å²) < 4.78 is 43.4. The van der Waals surface area contributed by atoms with Crippen LogP contribution in [0.2, 0.25) is 0 Å². The molecule has 8 heteroatoms. The van der Waals surface area contributed by atoms with E-state index in [9.17, 15) is 13.2 Å². The number of nitrogens with zero attached hydrogens (tertiary/aromatic N) is 2. The van der Waals surface area contributed by atoms with Crippen LogP contribution in [0.1, 0.15) is 42.6 Å². The number of benzene rings is 2. The van der Waals surface area contributed by atoms with Crippen LogP contribution in [0.4, 0.5) is 4.39 Å². The summed E-state index contributed by atoms with van der Waals surface area (Å²) in [6.07, 6.45) is 1.18. The minimum absolute atomic E-state index is 0.1000. The highest BCUT2D eigenvalue weighted by Crippen LogP contribution is 2.34. The van der Waals surface area contributed by atoms with Crippen LogP contribution in [0, 0.1) is 0 Å². The molecule has 1 aliphatic carbocycles. The Morgan fingerprint density at radius 1 is 1.12 bits per heavy atom. The summed E-state index contributed by atoms with van der Waals surface area (Å²) in [4.78, 5) is 17.8. The standard InChI is InChI=1S/C25H28FN3O3S/c1-16(2)29-15-27-22-14-21(26)24(28-33(3,31)32)20(23(22)25(29)30)13-17-8-7-11-19(12-17)18-9-5-4-6-10-18/h4-12,15-16,20-21,24,28H,13-14H2,1-3H3. The third-order valence-corrected chi connectivity index (χ3v) is 6.79. The smallest absolute Gasteiger partial charge is 0.257 e. The van der Waals surface area contributed by atoms with Gasteiger partial charge in [0.2, 0.25) is 10.0 Å². The summed E-state index contributed by atoms with van der Waals surface area (Å²) in [5.41, 5.74) is 3.49. The van der Waals surface area contributed by atoms with Gasteiger partial charge in [-0.2, -0.15) is 0 Å². The first kappa shape index (κ1) is 23.3. The number of aromatic nitrogens is 2. The lowest BCUT2D eigenvalue weighted by atomic mass is 9.77. The molecule has 0 saturated carbocycles. The Morgan fingerprint density at radius 2 is 1.82 bits per heavy atom. The van der Waals surface area contributed by atoms with Gasteiger partial charge in [-0.3, -0.25) is 9.36 Å². The Bertz CT molecular complexity index is 1310. The van der Waals surface area contributed by atoms with E-state index in [4.69, 9.17) is 0 Å². The molecule has 1 aromatic heterocycles. The number of fused-ring (bicyclic) bond motifs is 1. The van der Waals surface area contributed by atoms with E-state index in [1.807, 2.05) is 68.4 Å². The van der Waals surface area contributed by atoms with Gasteiger partial charge in [0.1, 0.15) is 6.17 Å². The Morgan fingerprint density at radius 3 is 2.48 bits per heavy atom. The molecule has 0 saturated heterocycles. The number of alkyl halides is 1. The molecule has 174 valence electrons. The molecular weight excluding hydrogens is 441 g/mol. The average Bonchev–Trinajstić information content (AvgIpc) is 2.76. The Hall–Kier alpha value is -2.84. The third kappa shape index (κ3) is 5.07. The largest absolute Gasteiger partial charge is 0.296 e. The van der Waals surface area contributed by atoms with E-state index in [1.165, 1.54) is 10.9 Å². The van der Waals surface area contributed by atoms with Crippen molar-refractivity contribution >= 4 is 10.0 Å². The molecule has 1 N–H and O–H groups in total. The van der Waals surface area contributed by atoms with E-state index in [1.54, 1.807) is 0 Å². The SMILES string of the molecule is CC(C)n1cnc2c(c1=O)C(Cc1cccc(-c3ccccc3)c1)C(NS(C)(=O)=O)C(F)C2. The van der Waals surface area contributed by atoms with E-state index < -0.39 is 28.2 Å². The summed E-state index contributed by atoms with van der Waals surface area (Å²) in [5, 5.41) is 0. The fraction of sp³-hybridized carbons (Fsp3) is 0.360. The molecule has 33 heavy (non-hydrogen) atoms. The number of halogens is 1. The van der Waals surface area contributed by atoms with Crippen LogP contribution in [0.25, 0.3) is 11.1 Å². The molecule has 6 nitrogen and oxygen atoms in total. The molecule has 3 atom stereocenters. The average molecular weight is 470 g/mol. The van der Waals surface area contributed by atoms with Crippen molar-refractivity contribution in [1.29, 1.82) is 0 Å². The van der Waals surface area contributed by atoms with Crippen LogP contribution in [0.15, 0.2) is 65.7 Å². The fourth-order valence-corrected chi connectivity index (χ4v) is 5.36. The molecular formula is C25H28FN3O3S. The highest BCUT2D eigenvalue weighted by atomic mass is 32.2. The second-order valence-corrected chi connectivity index (χ2v) is 10.7. The molecule has 3 aromatic rings. The first-order chi connectivity index (χ1) is 15.6. The van der Waals surface area contributed by atoms with Crippen molar-refractivity contribution in [2.24, 2.45) is 0 Å². The zero-order valence-corrected chi connectivity index (χ0v) is 19.7. The fourth-order valence-electron chi connectivity index (χ4n) is 4.56. The number of hydrogen-bond donors (Lipinski definition) is 1. The Balaban J connectivity index is 1.81. The number of rotatable bonds is 6. The minimum Gasteiger partial charge on any atom is -0.296 e. The highest BCUT2D eigenvalue weighted by Gasteiger charge is 2.41. The monoisotopic (exact) mass is 469 g/mol. The van der Waals surface area contributed by atoms with Crippen LogP contribution in [0.5, 0.6) is 0 Å². The maximum atomic E-state index is 15.3. The molecule has 2 aromatic carbocycles. The van der Waals surface area contributed by atoms with E-state index in [-0.39, 0.29) is 18.0 Å². The molecule has 1 aliphatic rings. The zero-order valence-electron chi connectivity index (χ0n) is 18.9. The molecule has 0 bridgehead atoms. The quantitative estimate of drug-likeness (QED) is 0.598. The number of nitrogens with one attached hydrogen (secondary N) is 1. The van der Waals surface area contributed by atoms with Crippen molar-refractivity contribution < 1.29 is 12.8 Å². The molecule has 0 aliphatic heterocycles. The topological polar surface area (TPSA) is 81.1 Å². The minimum atomic E-state index is -3.69. The summed E-state index contributed by atoms with van der Waals surface area (Å²) >= 11 is 0. The van der Waals surface area contributed by atoms with Gasteiger partial charge in [-0.25, -0.2) is 22.5 Å². The Labute approximate surface area is 193 Å². The maximum absolute atomic E-state index is 15.3. The molecule has 1 heterocycles. The van der Waals surface area contributed by atoms with E-state index in [2.05, 4.69) is 9.71 Å². The lowest BCUT2D eigenvalue weighted by Crippen LogP contribution is -2.51. The van der Waals surface area contributed by atoms with Gasteiger partial charge in [0.15, 0.2) is 0 Å². The maximum Gasteiger partial charge on any atom is 0.257 e. The molecule has 0 radical (unpaired) electrons. The summed E-state index contributed by atoms with van der Waals surface area (Å²) in [7, 11) is -3.69. The van der Waals surface area contributed by atoms with Gasteiger partial charge >= 0.3 is 0 Å². The van der Waals surface area contributed by atoms with Crippen LogP contribution < -0.4 is 10.3 Å². The molecule has 4 rings (SSSR count). The first-order valence-corrected chi connectivity index (χ1v) is 12.9. The number of hydrogen-bond acceptors (Lipinski definition) is 4. The van der Waals surface area contributed by atoms with Crippen molar-refractivity contribution in [2.75, 3.05) is 6.26 Å². The normalized spacial score (nSPS) is 20.6. The molecule has 3 unspecified atom stereocenters. The van der Waals surface area contributed by atoms with Gasteiger partial charge in [-0.15, -0.1) is 0 Å². The third-order valence-electron chi connectivity index (χ3n) is 6.09. The van der Waals surface area contributed by atoms with Crippen LogP contribution in [0.3, 0.4) is 0 Å². The van der Waals surface area contributed by atoms with E-state index >= 15 is 4.39 Å². The lowest BCUT2D eigenvalue weighted by molar-refractivity contribution is 0.220. The van der Waals surface area contributed by atoms with Gasteiger partial charge < -0.3 is 0 Å². The second kappa shape index (κ2) is 9.19. The Kier molecular flexibility index (Phi) is 6.50. The van der Waals surface area contributed by atoms with Gasteiger partial charge in [-0.05, 0) is 37.0 Å². The van der Waals surface area contributed by atoms with Crippen LogP contribution in [-0.2, 0) is 22.9 Å². The van der Waals surface area contributed by atoms with Gasteiger partial charge in [0.25, 0.3) is 5.56 Å². The van der Waals surface area contributed by atoms with Crippen molar-refractivity contribution in [2.45, 2.75) is 50.9 Å². The lowest BCUT2D eigenvalue weighted by Gasteiger charge is -2.35. The van der Waals surface area contributed by atoms with Crippen LogP contribution in [-0.4, -0.2) is 36.4 Å². The summed E-state index contributed by atoms with van der Waals surface area (Å²) in [6, 6.07) is 16.5. The van der Waals surface area contributed by atoms with Gasteiger partial charge in [0, 0.05) is 23.9 Å². The zero-order chi connectivity index (χ0) is 23.8. The van der Waals surface area contributed by atoms with Crippen molar-refractivity contribution in [3.05, 3.63) is 88.1 Å². The van der Waals surface area contributed by atoms with Gasteiger partial charge in [-0.1, -0.05) is 54.6 Å². The molecule has 0 amide bonds. The van der Waals surface area contributed by atoms with Crippen LogP contribution >= 0.6 is 0 Å². The highest BCUT2D eigenvalue weighted by molar-refractivity contribution is 7.88. The van der Waals surface area contributed by atoms with Crippen molar-refractivity contribution in [3.63, 3.8) is 0 Å². The van der Waals surface area contributed by atoms with E-state index in [0.29, 0.717) is 17.7 Å². The van der Waals surface area contributed by atoms with Gasteiger partial charge in [0.05, 0.1) is 24.3 Å². The van der Waals surface area contributed by atoms with Crippen molar-refractivity contribution in [1.82, 2.24) is 14.3 Å². The molecule has 0 fully saturated rings. The number of sulfonamides is 1. The summed E-state index contributed by atoms with van der Waals surface area (Å²) in [6.45, 7) is 3.75.